The largest absolute Gasteiger partial charge is 0.345 e. The van der Waals surface area contributed by atoms with Gasteiger partial charge in [-0.1, -0.05) is 36.7 Å². The lowest BCUT2D eigenvalue weighted by Crippen LogP contribution is -2.28. The third kappa shape index (κ3) is 3.88. The summed E-state index contributed by atoms with van der Waals surface area (Å²) >= 11 is 6.07. The lowest BCUT2D eigenvalue weighted by molar-refractivity contribution is -0.384. The van der Waals surface area contributed by atoms with Gasteiger partial charge in [-0.15, -0.1) is 0 Å². The highest BCUT2D eigenvalue weighted by Crippen LogP contribution is 2.27. The molecule has 136 valence electrons. The predicted octanol–water partition coefficient (Wildman–Crippen LogP) is 5.01. The Labute approximate surface area is 157 Å². The fraction of sp³-hybridized carbons (Fsp3) is 0.350. The Morgan fingerprint density at radius 3 is 2.58 bits per heavy atom. The summed E-state index contributed by atoms with van der Waals surface area (Å²) in [7, 11) is 0. The van der Waals surface area contributed by atoms with Crippen LogP contribution in [0.15, 0.2) is 36.4 Å². The van der Waals surface area contributed by atoms with Crippen LogP contribution in [-0.2, 0) is 12.8 Å². The number of aryl methyl sites for hydroxylation is 2. The fourth-order valence-electron chi connectivity index (χ4n) is 3.43. The van der Waals surface area contributed by atoms with Gasteiger partial charge in [0.05, 0.1) is 21.6 Å². The summed E-state index contributed by atoms with van der Waals surface area (Å²) in [6.45, 7) is 2.02. The summed E-state index contributed by atoms with van der Waals surface area (Å²) in [5.41, 5.74) is 3.97. The van der Waals surface area contributed by atoms with Crippen LogP contribution in [-0.4, -0.2) is 10.8 Å². The minimum atomic E-state index is -0.532. The van der Waals surface area contributed by atoms with Gasteiger partial charge in [0, 0.05) is 12.1 Å². The smallest absolute Gasteiger partial charge is 0.270 e. The number of carbonyl (C=O) groups is 1. The van der Waals surface area contributed by atoms with Gasteiger partial charge in [-0.25, -0.2) is 0 Å². The first-order valence-corrected chi connectivity index (χ1v) is 9.24. The number of nitrogens with one attached hydrogen (secondary N) is 1. The number of amides is 1. The maximum absolute atomic E-state index is 12.6. The number of rotatable bonds is 5. The minimum Gasteiger partial charge on any atom is -0.345 e. The van der Waals surface area contributed by atoms with Crippen molar-refractivity contribution in [1.29, 1.82) is 0 Å². The van der Waals surface area contributed by atoms with E-state index >= 15 is 0 Å². The van der Waals surface area contributed by atoms with Gasteiger partial charge < -0.3 is 5.32 Å². The molecule has 0 aliphatic heterocycles. The van der Waals surface area contributed by atoms with Gasteiger partial charge in [-0.05, 0) is 54.9 Å². The molecule has 0 spiro atoms. The molecule has 1 aliphatic rings. The monoisotopic (exact) mass is 372 g/mol. The van der Waals surface area contributed by atoms with Gasteiger partial charge in [0.15, 0.2) is 0 Å². The van der Waals surface area contributed by atoms with Crippen LogP contribution in [0, 0.1) is 10.1 Å². The van der Waals surface area contributed by atoms with Gasteiger partial charge in [-0.2, -0.15) is 0 Å². The van der Waals surface area contributed by atoms with E-state index in [4.69, 9.17) is 11.6 Å². The van der Waals surface area contributed by atoms with E-state index in [0.29, 0.717) is 0 Å². The SMILES string of the molecule is CC[C@@H](NC(=O)c1ccc([N+](=O)[O-])cc1Cl)c1ccc2c(c1)CCCC2. The van der Waals surface area contributed by atoms with Crippen LogP contribution in [0.4, 0.5) is 5.69 Å². The van der Waals surface area contributed by atoms with Crippen LogP contribution in [0.1, 0.15) is 59.3 Å². The summed E-state index contributed by atoms with van der Waals surface area (Å²) in [5.74, 6) is -0.325. The van der Waals surface area contributed by atoms with Crippen LogP contribution in [0.3, 0.4) is 0 Å². The molecule has 0 saturated carbocycles. The Kier molecular flexibility index (Phi) is 5.57. The van der Waals surface area contributed by atoms with Crippen LogP contribution >= 0.6 is 11.6 Å². The van der Waals surface area contributed by atoms with E-state index in [9.17, 15) is 14.9 Å². The first-order valence-electron chi connectivity index (χ1n) is 8.86. The van der Waals surface area contributed by atoms with Crippen molar-refractivity contribution in [2.24, 2.45) is 0 Å². The molecule has 1 aliphatic carbocycles. The van der Waals surface area contributed by atoms with Gasteiger partial charge in [0.2, 0.25) is 0 Å². The highest BCUT2D eigenvalue weighted by molar-refractivity contribution is 6.34. The number of carbonyl (C=O) groups excluding carboxylic acids is 1. The van der Waals surface area contributed by atoms with Crippen LogP contribution in [0.2, 0.25) is 5.02 Å². The number of nitro benzene ring substituents is 1. The maximum atomic E-state index is 12.6. The Bertz CT molecular complexity index is 851. The second-order valence-corrected chi connectivity index (χ2v) is 7.00. The van der Waals surface area contributed by atoms with Gasteiger partial charge >= 0.3 is 0 Å². The summed E-state index contributed by atoms with van der Waals surface area (Å²) < 4.78 is 0. The zero-order valence-corrected chi connectivity index (χ0v) is 15.4. The molecule has 1 N–H and O–H groups in total. The van der Waals surface area contributed by atoms with Crippen LogP contribution in [0.25, 0.3) is 0 Å². The number of nitrogens with zero attached hydrogens (tertiary/aromatic N) is 1. The van der Waals surface area contributed by atoms with Gasteiger partial charge in [-0.3, -0.25) is 14.9 Å². The molecule has 0 saturated heterocycles. The minimum absolute atomic E-state index is 0.0806. The standard InChI is InChI=1S/C20H21ClN2O3/c1-2-19(15-8-7-13-5-3-4-6-14(13)11-15)22-20(24)17-10-9-16(23(25)26)12-18(17)21/h7-12,19H,2-6H2,1H3,(H,22,24)/t19-/m1/s1. The van der Waals surface area contributed by atoms with E-state index in [2.05, 4.69) is 23.5 Å². The van der Waals surface area contributed by atoms with Gasteiger partial charge in [0.25, 0.3) is 11.6 Å². The molecule has 0 unspecified atom stereocenters. The van der Waals surface area contributed by atoms with Crippen LogP contribution in [0.5, 0.6) is 0 Å². The second kappa shape index (κ2) is 7.87. The molecule has 2 aromatic carbocycles. The van der Waals surface area contributed by atoms with Crippen LogP contribution < -0.4 is 5.32 Å². The first kappa shape index (κ1) is 18.4. The average molecular weight is 373 g/mol. The van der Waals surface area contributed by atoms with Gasteiger partial charge in [0.1, 0.15) is 0 Å². The Morgan fingerprint density at radius 2 is 1.92 bits per heavy atom. The van der Waals surface area contributed by atoms with E-state index < -0.39 is 4.92 Å². The van der Waals surface area contributed by atoms with Crippen molar-refractivity contribution in [3.63, 3.8) is 0 Å². The van der Waals surface area contributed by atoms with Crippen molar-refractivity contribution in [3.8, 4) is 0 Å². The maximum Gasteiger partial charge on any atom is 0.270 e. The summed E-state index contributed by atoms with van der Waals surface area (Å²) in [6, 6.07) is 10.2. The summed E-state index contributed by atoms with van der Waals surface area (Å²) in [4.78, 5) is 22.9. The van der Waals surface area contributed by atoms with Crippen molar-refractivity contribution in [2.75, 3.05) is 0 Å². The van der Waals surface area contributed by atoms with E-state index in [-0.39, 0.29) is 28.2 Å². The number of nitro groups is 1. The highest BCUT2D eigenvalue weighted by atomic mass is 35.5. The summed E-state index contributed by atoms with van der Waals surface area (Å²) in [6.07, 6.45) is 5.39. The number of non-ortho nitro benzene ring substituents is 1. The van der Waals surface area contributed by atoms with E-state index in [0.717, 1.165) is 24.8 Å². The fourth-order valence-corrected chi connectivity index (χ4v) is 3.69. The third-order valence-corrected chi connectivity index (χ3v) is 5.21. The molecule has 0 aromatic heterocycles. The topological polar surface area (TPSA) is 72.2 Å². The number of fused-ring (bicyclic) bond motifs is 1. The normalized spacial score (nSPS) is 14.4. The molecule has 1 atom stereocenters. The molecule has 5 nitrogen and oxygen atoms in total. The quantitative estimate of drug-likeness (QED) is 0.592. The molecule has 2 aromatic rings. The first-order chi connectivity index (χ1) is 12.5. The third-order valence-electron chi connectivity index (χ3n) is 4.90. The van der Waals surface area contributed by atoms with Crippen molar-refractivity contribution in [2.45, 2.75) is 45.1 Å². The highest BCUT2D eigenvalue weighted by Gasteiger charge is 2.20. The molecule has 6 heteroatoms. The molecule has 3 rings (SSSR count). The van der Waals surface area contributed by atoms with E-state index in [1.54, 1.807) is 0 Å². The van der Waals surface area contributed by atoms with E-state index in [1.807, 2.05) is 6.92 Å². The number of hydrogen-bond acceptors (Lipinski definition) is 3. The van der Waals surface area contributed by atoms with Crippen molar-refractivity contribution in [3.05, 3.63) is 73.8 Å². The van der Waals surface area contributed by atoms with Crippen molar-refractivity contribution >= 4 is 23.2 Å². The Hall–Kier alpha value is -2.40. The van der Waals surface area contributed by atoms with Crippen molar-refractivity contribution in [1.82, 2.24) is 5.32 Å². The average Bonchev–Trinajstić information content (AvgIpc) is 2.65. The lowest BCUT2D eigenvalue weighted by atomic mass is 9.88. The van der Waals surface area contributed by atoms with Crippen molar-refractivity contribution < 1.29 is 9.72 Å². The second-order valence-electron chi connectivity index (χ2n) is 6.59. The number of halogens is 1. The molecule has 0 bridgehead atoms. The summed E-state index contributed by atoms with van der Waals surface area (Å²) in [5, 5.41) is 13.9. The number of benzene rings is 2. The molecule has 0 radical (unpaired) electrons. The number of hydrogen-bond donors (Lipinski definition) is 1. The molecular weight excluding hydrogens is 352 g/mol. The Balaban J connectivity index is 1.80. The molecule has 26 heavy (non-hydrogen) atoms. The predicted molar refractivity (Wildman–Crippen MR) is 102 cm³/mol. The van der Waals surface area contributed by atoms with E-state index in [1.165, 1.54) is 42.2 Å². The molecular formula is C20H21ClN2O3. The zero-order chi connectivity index (χ0) is 18.7. The molecule has 0 fully saturated rings. The molecule has 1 amide bonds. The lowest BCUT2D eigenvalue weighted by Gasteiger charge is -2.22. The zero-order valence-electron chi connectivity index (χ0n) is 14.6. The molecule has 0 heterocycles. The Morgan fingerprint density at radius 1 is 1.19 bits per heavy atom.